The first kappa shape index (κ1) is 13.6. The number of aromatic nitrogens is 2. The Morgan fingerprint density at radius 2 is 2.20 bits per heavy atom. The van der Waals surface area contributed by atoms with E-state index in [0.29, 0.717) is 12.1 Å². The zero-order valence-electron chi connectivity index (χ0n) is 12.8. The molecule has 1 fully saturated rings. The smallest absolute Gasteiger partial charge is 0.114 e. The highest BCUT2D eigenvalue weighted by Crippen LogP contribution is 2.23. The van der Waals surface area contributed by atoms with Crippen molar-refractivity contribution in [3.8, 4) is 0 Å². The second kappa shape index (κ2) is 5.57. The third-order valence-electron chi connectivity index (χ3n) is 4.52. The van der Waals surface area contributed by atoms with Crippen molar-refractivity contribution in [2.45, 2.75) is 58.5 Å². The van der Waals surface area contributed by atoms with Crippen molar-refractivity contribution >= 4 is 5.52 Å². The van der Waals surface area contributed by atoms with E-state index >= 15 is 0 Å². The number of rotatable bonds is 3. The summed E-state index contributed by atoms with van der Waals surface area (Å²) in [7, 11) is 0. The number of pyridine rings is 1. The van der Waals surface area contributed by atoms with E-state index in [1.165, 1.54) is 42.7 Å². The average Bonchev–Trinajstić information content (AvgIpc) is 2.81. The number of hydrogen-bond donors (Lipinski definition) is 0. The highest BCUT2D eigenvalue weighted by molar-refractivity contribution is 5.48. The fourth-order valence-electron chi connectivity index (χ4n) is 3.45. The number of hydrogen-bond acceptors (Lipinski definition) is 2. The summed E-state index contributed by atoms with van der Waals surface area (Å²) in [5.41, 5.74) is 2.51. The van der Waals surface area contributed by atoms with E-state index in [9.17, 15) is 0 Å². The summed E-state index contributed by atoms with van der Waals surface area (Å²) in [6.45, 7) is 8.00. The van der Waals surface area contributed by atoms with Gasteiger partial charge in [0.15, 0.2) is 0 Å². The lowest BCUT2D eigenvalue weighted by Crippen LogP contribution is -2.45. The third-order valence-corrected chi connectivity index (χ3v) is 4.52. The Hall–Kier alpha value is -1.35. The maximum Gasteiger partial charge on any atom is 0.114 e. The van der Waals surface area contributed by atoms with Gasteiger partial charge >= 0.3 is 0 Å². The normalized spacial score (nSPS) is 20.9. The molecule has 0 amide bonds. The summed E-state index contributed by atoms with van der Waals surface area (Å²) >= 11 is 0. The number of likely N-dealkylation sites (tertiary alicyclic amines) is 1. The maximum atomic E-state index is 4.66. The molecule has 0 N–H and O–H groups in total. The second-order valence-corrected chi connectivity index (χ2v) is 6.36. The Morgan fingerprint density at radius 1 is 1.35 bits per heavy atom. The molecule has 3 heterocycles. The quantitative estimate of drug-likeness (QED) is 0.852. The molecule has 3 nitrogen and oxygen atoms in total. The van der Waals surface area contributed by atoms with Crippen molar-refractivity contribution in [3.63, 3.8) is 0 Å². The molecular weight excluding hydrogens is 246 g/mol. The molecule has 3 rings (SSSR count). The minimum Gasteiger partial charge on any atom is -0.304 e. The molecule has 0 bridgehead atoms. The first-order valence-corrected chi connectivity index (χ1v) is 7.83. The van der Waals surface area contributed by atoms with Gasteiger partial charge in [-0.25, -0.2) is 4.98 Å². The fraction of sp³-hybridized carbons (Fsp3) is 0.588. The highest BCUT2D eigenvalue weighted by Gasteiger charge is 2.25. The van der Waals surface area contributed by atoms with Crippen LogP contribution in [0.3, 0.4) is 0 Å². The van der Waals surface area contributed by atoms with Crippen LogP contribution in [-0.2, 0) is 6.42 Å². The van der Waals surface area contributed by atoms with E-state index in [1.807, 2.05) is 6.20 Å². The van der Waals surface area contributed by atoms with E-state index < -0.39 is 0 Å². The zero-order chi connectivity index (χ0) is 14.1. The minimum absolute atomic E-state index is 0.633. The van der Waals surface area contributed by atoms with Gasteiger partial charge in [0.2, 0.25) is 0 Å². The van der Waals surface area contributed by atoms with E-state index in [1.54, 1.807) is 0 Å². The highest BCUT2D eigenvalue weighted by atomic mass is 15.2. The molecule has 1 saturated heterocycles. The first-order valence-electron chi connectivity index (χ1n) is 7.83. The number of piperidine rings is 1. The van der Waals surface area contributed by atoms with Gasteiger partial charge in [-0.2, -0.15) is 0 Å². The van der Waals surface area contributed by atoms with Crippen molar-refractivity contribution in [2.24, 2.45) is 0 Å². The van der Waals surface area contributed by atoms with Crippen molar-refractivity contribution < 1.29 is 0 Å². The molecule has 20 heavy (non-hydrogen) atoms. The van der Waals surface area contributed by atoms with E-state index in [-0.39, 0.29) is 0 Å². The van der Waals surface area contributed by atoms with Crippen LogP contribution < -0.4 is 0 Å². The lowest BCUT2D eigenvalue weighted by molar-refractivity contribution is 0.110. The molecule has 2 aromatic rings. The SMILES string of the molecule is Cc1ccn2c(CC3CCCCN3C(C)C)ncc2c1. The zero-order valence-corrected chi connectivity index (χ0v) is 12.8. The van der Waals surface area contributed by atoms with Crippen molar-refractivity contribution in [3.05, 3.63) is 35.9 Å². The molecule has 1 aliphatic heterocycles. The van der Waals surface area contributed by atoms with Gasteiger partial charge in [-0.05, 0) is 57.9 Å². The van der Waals surface area contributed by atoms with Crippen LogP contribution in [0.1, 0.15) is 44.5 Å². The molecule has 0 spiro atoms. The van der Waals surface area contributed by atoms with Crippen LogP contribution in [0.15, 0.2) is 24.5 Å². The second-order valence-electron chi connectivity index (χ2n) is 6.36. The van der Waals surface area contributed by atoms with Gasteiger partial charge in [0, 0.05) is 24.7 Å². The summed E-state index contributed by atoms with van der Waals surface area (Å²) in [5, 5.41) is 0. The average molecular weight is 271 g/mol. The standard InChI is InChI=1S/C17H25N3/c1-13(2)19-8-5-4-6-15(19)11-17-18-12-16-10-14(3)7-9-20(16)17/h7,9-10,12-13,15H,4-6,8,11H2,1-3H3. The van der Waals surface area contributed by atoms with Crippen LogP contribution in [0.25, 0.3) is 5.52 Å². The summed E-state index contributed by atoms with van der Waals surface area (Å²) < 4.78 is 2.25. The van der Waals surface area contributed by atoms with Gasteiger partial charge in [-0.1, -0.05) is 6.42 Å². The van der Waals surface area contributed by atoms with Gasteiger partial charge in [0.05, 0.1) is 11.7 Å². The number of aryl methyl sites for hydroxylation is 1. The molecule has 108 valence electrons. The predicted molar refractivity (Wildman–Crippen MR) is 83.1 cm³/mol. The van der Waals surface area contributed by atoms with Crippen LogP contribution in [0.5, 0.6) is 0 Å². The summed E-state index contributed by atoms with van der Waals surface area (Å²) in [6, 6.07) is 5.65. The minimum atomic E-state index is 0.633. The molecule has 0 radical (unpaired) electrons. The van der Waals surface area contributed by atoms with Gasteiger partial charge in [0.25, 0.3) is 0 Å². The molecule has 0 aliphatic carbocycles. The summed E-state index contributed by atoms with van der Waals surface area (Å²) in [6.07, 6.45) is 9.24. The molecular formula is C17H25N3. The van der Waals surface area contributed by atoms with Crippen LogP contribution in [-0.4, -0.2) is 32.9 Å². The van der Waals surface area contributed by atoms with E-state index in [0.717, 1.165) is 6.42 Å². The monoisotopic (exact) mass is 271 g/mol. The Bertz CT molecular complexity index is 585. The topological polar surface area (TPSA) is 20.5 Å². The molecule has 2 aromatic heterocycles. The molecule has 0 saturated carbocycles. The maximum absolute atomic E-state index is 4.66. The predicted octanol–water partition coefficient (Wildman–Crippen LogP) is 3.45. The van der Waals surface area contributed by atoms with Gasteiger partial charge in [-0.3, -0.25) is 4.90 Å². The fourth-order valence-corrected chi connectivity index (χ4v) is 3.45. The van der Waals surface area contributed by atoms with Crippen molar-refractivity contribution in [1.29, 1.82) is 0 Å². The van der Waals surface area contributed by atoms with E-state index in [4.69, 9.17) is 0 Å². The van der Waals surface area contributed by atoms with Crippen LogP contribution in [0.4, 0.5) is 0 Å². The summed E-state index contributed by atoms with van der Waals surface area (Å²) in [4.78, 5) is 7.31. The van der Waals surface area contributed by atoms with Crippen LogP contribution in [0.2, 0.25) is 0 Å². The number of fused-ring (bicyclic) bond motifs is 1. The molecule has 1 aliphatic rings. The van der Waals surface area contributed by atoms with Gasteiger partial charge < -0.3 is 4.40 Å². The Labute approximate surface area is 121 Å². The van der Waals surface area contributed by atoms with Gasteiger partial charge in [-0.15, -0.1) is 0 Å². The van der Waals surface area contributed by atoms with Crippen molar-refractivity contribution in [1.82, 2.24) is 14.3 Å². The lowest BCUT2D eigenvalue weighted by atomic mass is 9.97. The third kappa shape index (κ3) is 2.59. The van der Waals surface area contributed by atoms with Gasteiger partial charge in [0.1, 0.15) is 5.82 Å². The largest absolute Gasteiger partial charge is 0.304 e. The van der Waals surface area contributed by atoms with Crippen LogP contribution in [0, 0.1) is 6.92 Å². The Kier molecular flexibility index (Phi) is 3.79. The summed E-state index contributed by atoms with van der Waals surface area (Å²) in [5.74, 6) is 1.21. The lowest BCUT2D eigenvalue weighted by Gasteiger charge is -2.38. The Morgan fingerprint density at radius 3 is 3.00 bits per heavy atom. The van der Waals surface area contributed by atoms with Crippen molar-refractivity contribution in [2.75, 3.05) is 6.54 Å². The number of imidazole rings is 1. The van der Waals surface area contributed by atoms with Crippen LogP contribution >= 0.6 is 0 Å². The first-order chi connectivity index (χ1) is 9.65. The molecule has 1 unspecified atom stereocenters. The molecule has 1 atom stereocenters. The Balaban J connectivity index is 1.84. The number of nitrogens with zero attached hydrogens (tertiary/aromatic N) is 3. The molecule has 0 aromatic carbocycles. The molecule has 3 heteroatoms. The van der Waals surface area contributed by atoms with E-state index in [2.05, 4.69) is 53.4 Å².